The zero-order chi connectivity index (χ0) is 5.91. The van der Waals surface area contributed by atoms with Gasteiger partial charge in [-0.2, -0.15) is 0 Å². The topological polar surface area (TPSA) is 35.2 Å². The maximum atomic E-state index is 11.5. The van der Waals surface area contributed by atoms with Crippen molar-refractivity contribution in [1.82, 2.24) is 0 Å². The maximum Gasteiger partial charge on any atom is 0.270 e. The van der Waals surface area contributed by atoms with E-state index in [1.165, 1.54) is 0 Å². The Morgan fingerprint density at radius 1 is 1.71 bits per heavy atom. The van der Waals surface area contributed by atoms with Crippen LogP contribution in [0.5, 0.6) is 0 Å². The zero-order valence-electron chi connectivity index (χ0n) is 3.95. The van der Waals surface area contributed by atoms with Crippen LogP contribution in [-0.4, -0.2) is 12.5 Å². The standard InChI is InChI=1S/C3H7F2NO/c1-3(4,5)2-7-6/h2,6H2,1H3. The van der Waals surface area contributed by atoms with E-state index in [0.29, 0.717) is 0 Å². The van der Waals surface area contributed by atoms with Crippen molar-refractivity contribution < 1.29 is 13.6 Å². The highest BCUT2D eigenvalue weighted by molar-refractivity contribution is 4.52. The second kappa shape index (κ2) is 2.18. The van der Waals surface area contributed by atoms with E-state index in [4.69, 9.17) is 0 Å². The minimum absolute atomic E-state index is 0.715. The van der Waals surface area contributed by atoms with Crippen LogP contribution >= 0.6 is 0 Å². The molecule has 4 heteroatoms. The normalized spacial score (nSPS) is 12.0. The molecule has 0 aliphatic rings. The molecule has 44 valence electrons. The molecule has 0 unspecified atom stereocenters. The van der Waals surface area contributed by atoms with Crippen molar-refractivity contribution in [3.8, 4) is 0 Å². The Bertz CT molecular complexity index is 51.4. The van der Waals surface area contributed by atoms with Gasteiger partial charge in [0.25, 0.3) is 5.92 Å². The van der Waals surface area contributed by atoms with Crippen LogP contribution in [-0.2, 0) is 4.84 Å². The molecule has 0 radical (unpaired) electrons. The molecule has 0 bridgehead atoms. The molecule has 0 spiro atoms. The SMILES string of the molecule is CC(F)(F)CON. The molecular weight excluding hydrogens is 104 g/mol. The molecule has 0 saturated heterocycles. The third-order valence-electron chi connectivity index (χ3n) is 0.337. The summed E-state index contributed by atoms with van der Waals surface area (Å²) in [6.07, 6.45) is 0. The highest BCUT2D eigenvalue weighted by atomic mass is 19.3. The van der Waals surface area contributed by atoms with Crippen molar-refractivity contribution in [2.75, 3.05) is 6.61 Å². The summed E-state index contributed by atoms with van der Waals surface area (Å²) in [7, 11) is 0. The van der Waals surface area contributed by atoms with E-state index in [1.54, 1.807) is 0 Å². The van der Waals surface area contributed by atoms with Crippen molar-refractivity contribution in [3.63, 3.8) is 0 Å². The summed E-state index contributed by atoms with van der Waals surface area (Å²) in [5.74, 6) is 1.54. The van der Waals surface area contributed by atoms with E-state index in [2.05, 4.69) is 10.7 Å². The summed E-state index contributed by atoms with van der Waals surface area (Å²) in [4.78, 5) is 3.66. The molecule has 0 aromatic rings. The fourth-order valence-electron chi connectivity index (χ4n) is 0.146. The Balaban J connectivity index is 3.15. The van der Waals surface area contributed by atoms with Crippen molar-refractivity contribution in [2.45, 2.75) is 12.8 Å². The molecule has 0 aliphatic heterocycles. The lowest BCUT2D eigenvalue weighted by Gasteiger charge is -2.05. The van der Waals surface area contributed by atoms with Crippen molar-refractivity contribution in [1.29, 1.82) is 0 Å². The van der Waals surface area contributed by atoms with Crippen LogP contribution in [0.15, 0.2) is 0 Å². The van der Waals surface area contributed by atoms with Crippen LogP contribution in [0.4, 0.5) is 8.78 Å². The molecule has 0 aromatic carbocycles. The lowest BCUT2D eigenvalue weighted by atomic mass is 10.4. The second-order valence-electron chi connectivity index (χ2n) is 1.38. The van der Waals surface area contributed by atoms with Crippen LogP contribution in [0, 0.1) is 0 Å². The molecule has 0 heterocycles. The average Bonchev–Trinajstić information content (AvgIpc) is 1.30. The Morgan fingerprint density at radius 3 is 2.14 bits per heavy atom. The summed E-state index contributed by atoms with van der Waals surface area (Å²) in [5, 5.41) is 0. The lowest BCUT2D eigenvalue weighted by molar-refractivity contribution is -0.0633. The third kappa shape index (κ3) is 5.78. The molecular formula is C3H7F2NO. The first-order valence-corrected chi connectivity index (χ1v) is 1.76. The number of hydrogen-bond donors (Lipinski definition) is 1. The summed E-state index contributed by atoms with van der Waals surface area (Å²) in [6, 6.07) is 0. The Kier molecular flexibility index (Phi) is 2.11. The zero-order valence-corrected chi connectivity index (χ0v) is 3.95. The fraction of sp³-hybridized carbons (Fsp3) is 1.00. The van der Waals surface area contributed by atoms with Crippen LogP contribution in [0.3, 0.4) is 0 Å². The van der Waals surface area contributed by atoms with Crippen LogP contribution in [0.1, 0.15) is 6.92 Å². The molecule has 2 N–H and O–H groups in total. The van der Waals surface area contributed by atoms with Gasteiger partial charge in [-0.3, -0.25) is 4.84 Å². The molecule has 2 nitrogen and oxygen atoms in total. The van der Waals surface area contributed by atoms with Gasteiger partial charge < -0.3 is 0 Å². The number of nitrogens with two attached hydrogens (primary N) is 1. The Labute approximate surface area is 40.2 Å². The van der Waals surface area contributed by atoms with Crippen molar-refractivity contribution in [3.05, 3.63) is 0 Å². The quantitative estimate of drug-likeness (QED) is 0.527. The first kappa shape index (κ1) is 6.78. The predicted octanol–water partition coefficient (Wildman–Crippen LogP) is 0.532. The molecule has 0 atom stereocenters. The largest absolute Gasteiger partial charge is 0.298 e. The average molecular weight is 111 g/mol. The minimum atomic E-state index is -2.80. The van der Waals surface area contributed by atoms with E-state index < -0.39 is 12.5 Å². The van der Waals surface area contributed by atoms with E-state index in [9.17, 15) is 8.78 Å². The number of hydrogen-bond acceptors (Lipinski definition) is 2. The molecule has 0 rings (SSSR count). The van der Waals surface area contributed by atoms with Gasteiger partial charge in [-0.15, -0.1) is 0 Å². The van der Waals surface area contributed by atoms with Gasteiger partial charge in [0, 0.05) is 6.92 Å². The predicted molar refractivity (Wildman–Crippen MR) is 20.8 cm³/mol. The summed E-state index contributed by atoms with van der Waals surface area (Å²) in [5.41, 5.74) is 0. The minimum Gasteiger partial charge on any atom is -0.298 e. The summed E-state index contributed by atoms with van der Waals surface area (Å²) >= 11 is 0. The Morgan fingerprint density at radius 2 is 2.14 bits per heavy atom. The number of halogens is 2. The highest BCUT2D eigenvalue weighted by Crippen LogP contribution is 2.09. The molecule has 0 aliphatic carbocycles. The third-order valence-corrected chi connectivity index (χ3v) is 0.337. The van der Waals surface area contributed by atoms with Crippen LogP contribution in [0.25, 0.3) is 0 Å². The van der Waals surface area contributed by atoms with E-state index >= 15 is 0 Å². The van der Waals surface area contributed by atoms with E-state index in [1.807, 2.05) is 0 Å². The van der Waals surface area contributed by atoms with Gasteiger partial charge in [0.1, 0.15) is 6.61 Å². The monoisotopic (exact) mass is 111 g/mol. The molecule has 0 aromatic heterocycles. The smallest absolute Gasteiger partial charge is 0.270 e. The van der Waals surface area contributed by atoms with Gasteiger partial charge in [0.15, 0.2) is 0 Å². The van der Waals surface area contributed by atoms with Crippen LogP contribution < -0.4 is 5.90 Å². The molecule has 0 fully saturated rings. The number of rotatable bonds is 2. The molecule has 7 heavy (non-hydrogen) atoms. The van der Waals surface area contributed by atoms with Gasteiger partial charge in [-0.1, -0.05) is 0 Å². The molecule has 0 amide bonds. The highest BCUT2D eigenvalue weighted by Gasteiger charge is 2.20. The molecule has 0 saturated carbocycles. The first-order valence-electron chi connectivity index (χ1n) is 1.76. The van der Waals surface area contributed by atoms with Crippen molar-refractivity contribution in [2.24, 2.45) is 5.90 Å². The second-order valence-corrected chi connectivity index (χ2v) is 1.38. The van der Waals surface area contributed by atoms with Gasteiger partial charge in [0.2, 0.25) is 0 Å². The van der Waals surface area contributed by atoms with Gasteiger partial charge >= 0.3 is 0 Å². The lowest BCUT2D eigenvalue weighted by Crippen LogP contribution is -2.20. The van der Waals surface area contributed by atoms with Gasteiger partial charge in [-0.25, -0.2) is 14.7 Å². The van der Waals surface area contributed by atoms with Crippen molar-refractivity contribution >= 4 is 0 Å². The van der Waals surface area contributed by atoms with Gasteiger partial charge in [0.05, 0.1) is 0 Å². The maximum absolute atomic E-state index is 11.5. The fourth-order valence-corrected chi connectivity index (χ4v) is 0.146. The first-order chi connectivity index (χ1) is 3.06. The summed E-state index contributed by atoms with van der Waals surface area (Å²) in [6.45, 7) is 0.0207. The summed E-state index contributed by atoms with van der Waals surface area (Å²) < 4.78 is 23.0. The Hall–Kier alpha value is -0.220. The van der Waals surface area contributed by atoms with Crippen LogP contribution in [0.2, 0.25) is 0 Å². The van der Waals surface area contributed by atoms with E-state index in [0.717, 1.165) is 6.92 Å². The van der Waals surface area contributed by atoms with Gasteiger partial charge in [-0.05, 0) is 0 Å². The number of alkyl halides is 2. The van der Waals surface area contributed by atoms with E-state index in [-0.39, 0.29) is 0 Å².